The van der Waals surface area contributed by atoms with Crippen LogP contribution < -0.4 is 15.4 Å². The second-order valence-electron chi connectivity index (χ2n) is 9.77. The topological polar surface area (TPSA) is 134 Å². The van der Waals surface area contributed by atoms with Crippen molar-refractivity contribution in [2.24, 2.45) is 0 Å². The summed E-state index contributed by atoms with van der Waals surface area (Å²) in [7, 11) is 0. The molecule has 4 aliphatic rings. The largest absolute Gasteiger partial charge is 0.480 e. The molecule has 1 aromatic carbocycles. The van der Waals surface area contributed by atoms with Gasteiger partial charge in [0.2, 0.25) is 0 Å². The minimum Gasteiger partial charge on any atom is -0.480 e. The third kappa shape index (κ3) is 4.51. The van der Waals surface area contributed by atoms with Crippen molar-refractivity contribution in [3.05, 3.63) is 52.6 Å². The Balaban J connectivity index is 1.23. The first kappa shape index (κ1) is 24.8. The van der Waals surface area contributed by atoms with Gasteiger partial charge in [-0.15, -0.1) is 0 Å². The molecule has 2 amide bonds. The fourth-order valence-electron chi connectivity index (χ4n) is 5.44. The lowest BCUT2D eigenvalue weighted by molar-refractivity contribution is -0.136. The van der Waals surface area contributed by atoms with Gasteiger partial charge in [-0.25, -0.2) is 13.8 Å². The number of hydrogen-bond acceptors (Lipinski definition) is 7. The van der Waals surface area contributed by atoms with Gasteiger partial charge < -0.3 is 25.6 Å². The maximum Gasteiger partial charge on any atom is 0.281 e. The number of ether oxygens (including phenoxy) is 1. The van der Waals surface area contributed by atoms with Crippen LogP contribution in [-0.2, 0) is 4.79 Å². The SMILES string of the molecule is O=C(NC12CCC(NC(=O)[C@H]3C[C@@H](O)c4cc(Cl)ccc4O3)(CC1)C[C@@H]2O)c1cnc(C(F)F)cn1. The molecule has 3 aliphatic carbocycles. The number of rotatable bonds is 5. The summed E-state index contributed by atoms with van der Waals surface area (Å²) in [6, 6.07) is 4.85. The normalized spacial score (nSPS) is 30.9. The first-order valence-electron chi connectivity index (χ1n) is 11.7. The Morgan fingerprint density at radius 3 is 2.50 bits per heavy atom. The van der Waals surface area contributed by atoms with E-state index in [2.05, 4.69) is 20.6 Å². The van der Waals surface area contributed by atoms with E-state index in [-0.39, 0.29) is 24.4 Å². The molecular weight excluding hydrogens is 498 g/mol. The average molecular weight is 523 g/mol. The Kier molecular flexibility index (Phi) is 6.34. The van der Waals surface area contributed by atoms with Crippen LogP contribution in [-0.4, -0.2) is 55.3 Å². The minimum atomic E-state index is -2.79. The highest BCUT2D eigenvalue weighted by atomic mass is 35.5. The molecule has 1 aliphatic heterocycles. The third-order valence-electron chi connectivity index (χ3n) is 7.53. The zero-order valence-electron chi connectivity index (χ0n) is 19.1. The fourth-order valence-corrected chi connectivity index (χ4v) is 5.62. The second kappa shape index (κ2) is 9.20. The molecule has 0 unspecified atom stereocenters. The highest BCUT2D eigenvalue weighted by Crippen LogP contribution is 2.47. The van der Waals surface area contributed by atoms with Crippen LogP contribution in [0.3, 0.4) is 0 Å². The summed E-state index contributed by atoms with van der Waals surface area (Å²) in [6.45, 7) is 0. The molecule has 2 aromatic rings. The Labute approximate surface area is 210 Å². The molecule has 3 atom stereocenters. The number of amides is 2. The Hall–Kier alpha value is -2.89. The summed E-state index contributed by atoms with van der Waals surface area (Å²) in [5.41, 5.74) is -1.70. The number of nitrogens with one attached hydrogen (secondary N) is 2. The van der Waals surface area contributed by atoms with E-state index in [1.165, 1.54) is 0 Å². The first-order chi connectivity index (χ1) is 17.1. The van der Waals surface area contributed by atoms with E-state index < -0.39 is 47.4 Å². The van der Waals surface area contributed by atoms with E-state index in [0.717, 1.165) is 12.4 Å². The summed E-state index contributed by atoms with van der Waals surface area (Å²) in [5.74, 6) is -0.589. The van der Waals surface area contributed by atoms with Gasteiger partial charge in [0.1, 0.15) is 17.1 Å². The molecule has 0 radical (unpaired) electrons. The van der Waals surface area contributed by atoms with Crippen molar-refractivity contribution in [3.63, 3.8) is 0 Å². The second-order valence-corrected chi connectivity index (χ2v) is 10.2. The number of aliphatic hydroxyl groups excluding tert-OH is 2. The zero-order chi connectivity index (χ0) is 25.7. The number of fused-ring (bicyclic) bond motifs is 4. The molecular formula is C24H25ClF2N4O5. The molecule has 1 aromatic heterocycles. The van der Waals surface area contributed by atoms with Crippen LogP contribution in [0.1, 0.15) is 72.8 Å². The maximum absolute atomic E-state index is 13.1. The molecule has 12 heteroatoms. The monoisotopic (exact) mass is 522 g/mol. The van der Waals surface area contributed by atoms with Crippen molar-refractivity contribution in [2.75, 3.05) is 0 Å². The number of carbonyl (C=O) groups is 2. The zero-order valence-corrected chi connectivity index (χ0v) is 19.8. The molecule has 36 heavy (non-hydrogen) atoms. The summed E-state index contributed by atoms with van der Waals surface area (Å²) in [4.78, 5) is 33.1. The van der Waals surface area contributed by atoms with Crippen LogP contribution in [0.15, 0.2) is 30.6 Å². The van der Waals surface area contributed by atoms with Gasteiger partial charge in [-0.1, -0.05) is 11.6 Å². The number of alkyl halides is 2. The van der Waals surface area contributed by atoms with E-state index in [1.807, 2.05) is 0 Å². The Morgan fingerprint density at radius 1 is 1.11 bits per heavy atom. The van der Waals surface area contributed by atoms with Crippen molar-refractivity contribution in [1.29, 1.82) is 0 Å². The minimum absolute atomic E-state index is 0.0726. The first-order valence-corrected chi connectivity index (χ1v) is 12.0. The van der Waals surface area contributed by atoms with E-state index in [1.54, 1.807) is 18.2 Å². The van der Waals surface area contributed by atoms with Gasteiger partial charge in [0, 0.05) is 22.5 Å². The van der Waals surface area contributed by atoms with Crippen LogP contribution in [0.5, 0.6) is 5.75 Å². The highest BCUT2D eigenvalue weighted by molar-refractivity contribution is 6.30. The Bertz CT molecular complexity index is 1170. The van der Waals surface area contributed by atoms with E-state index >= 15 is 0 Å². The van der Waals surface area contributed by atoms with Crippen LogP contribution in [0.2, 0.25) is 5.02 Å². The van der Waals surface area contributed by atoms with Crippen molar-refractivity contribution < 1.29 is 33.3 Å². The number of carbonyl (C=O) groups excluding carboxylic acids is 2. The lowest BCUT2D eigenvalue weighted by Crippen LogP contribution is -2.70. The third-order valence-corrected chi connectivity index (χ3v) is 7.77. The molecule has 2 heterocycles. The summed E-state index contributed by atoms with van der Waals surface area (Å²) in [5, 5.41) is 27.8. The number of nitrogens with zero attached hydrogens (tertiary/aromatic N) is 2. The number of halogens is 3. The van der Waals surface area contributed by atoms with Gasteiger partial charge in [0.05, 0.1) is 30.1 Å². The molecule has 0 saturated heterocycles. The van der Waals surface area contributed by atoms with E-state index in [0.29, 0.717) is 42.0 Å². The Morgan fingerprint density at radius 2 is 1.86 bits per heavy atom. The van der Waals surface area contributed by atoms with Gasteiger partial charge >= 0.3 is 0 Å². The predicted molar refractivity (Wildman–Crippen MR) is 123 cm³/mol. The van der Waals surface area contributed by atoms with Gasteiger partial charge in [-0.2, -0.15) is 0 Å². The summed E-state index contributed by atoms with van der Waals surface area (Å²) >= 11 is 5.99. The standard InChI is InChI=1S/C24H25ClF2N4O5/c25-12-1-2-17-13(7-12)16(32)8-18(36-17)22(35)30-23-3-5-24(6-4-23,19(33)9-23)31-21(34)15-11-28-14(10-29-15)20(26)27/h1-2,7,10-11,16,18-20,32-33H,3-6,8-9H2,(H,30,35)(H,31,34)/t16-,18-,19+,23?,24?/m1/s1. The average Bonchev–Trinajstić information content (AvgIpc) is 2.85. The van der Waals surface area contributed by atoms with Crippen molar-refractivity contribution in [1.82, 2.24) is 20.6 Å². The molecule has 3 fully saturated rings. The lowest BCUT2D eigenvalue weighted by atomic mass is 9.59. The van der Waals surface area contributed by atoms with Crippen LogP contribution >= 0.6 is 11.6 Å². The molecule has 3 saturated carbocycles. The number of aliphatic hydroxyl groups is 2. The predicted octanol–water partition coefficient (Wildman–Crippen LogP) is 2.61. The van der Waals surface area contributed by atoms with Crippen LogP contribution in [0, 0.1) is 0 Å². The summed E-state index contributed by atoms with van der Waals surface area (Å²) in [6.07, 6.45) is -1.58. The van der Waals surface area contributed by atoms with Gasteiger partial charge in [-0.3, -0.25) is 14.6 Å². The van der Waals surface area contributed by atoms with Crippen molar-refractivity contribution >= 4 is 23.4 Å². The highest BCUT2D eigenvalue weighted by Gasteiger charge is 2.56. The quantitative estimate of drug-likeness (QED) is 0.474. The lowest BCUT2D eigenvalue weighted by Gasteiger charge is -2.56. The number of hydrogen-bond donors (Lipinski definition) is 4. The fraction of sp³-hybridized carbons (Fsp3) is 0.500. The molecule has 9 nitrogen and oxygen atoms in total. The summed E-state index contributed by atoms with van der Waals surface area (Å²) < 4.78 is 31.2. The maximum atomic E-state index is 13.1. The molecule has 192 valence electrons. The molecule has 4 N–H and O–H groups in total. The van der Waals surface area contributed by atoms with Gasteiger partial charge in [-0.05, 0) is 50.3 Å². The van der Waals surface area contributed by atoms with Gasteiger partial charge in [0.25, 0.3) is 18.2 Å². The van der Waals surface area contributed by atoms with Crippen LogP contribution in [0.25, 0.3) is 0 Å². The van der Waals surface area contributed by atoms with E-state index in [9.17, 15) is 28.6 Å². The van der Waals surface area contributed by atoms with Crippen LogP contribution in [0.4, 0.5) is 8.78 Å². The number of benzene rings is 1. The van der Waals surface area contributed by atoms with Crippen molar-refractivity contribution in [2.45, 2.75) is 74.3 Å². The van der Waals surface area contributed by atoms with E-state index in [4.69, 9.17) is 16.3 Å². The number of aromatic nitrogens is 2. The molecule has 2 bridgehead atoms. The smallest absolute Gasteiger partial charge is 0.281 e. The molecule has 6 rings (SSSR count). The van der Waals surface area contributed by atoms with Gasteiger partial charge in [0.15, 0.2) is 6.10 Å². The molecule has 0 spiro atoms. The van der Waals surface area contributed by atoms with Crippen molar-refractivity contribution in [3.8, 4) is 5.75 Å².